The van der Waals surface area contributed by atoms with Crippen LogP contribution in [-0.4, -0.2) is 0 Å². The van der Waals surface area contributed by atoms with Crippen molar-refractivity contribution in [1.82, 2.24) is 0 Å². The van der Waals surface area contributed by atoms with Crippen LogP contribution in [-0.2, 0) is 0 Å². The molecule has 0 N–H and O–H groups in total. The molecular formula is C40H23NO2S. The number of hydrogen-bond acceptors (Lipinski definition) is 4. The van der Waals surface area contributed by atoms with Crippen molar-refractivity contribution < 1.29 is 8.83 Å². The quantitative estimate of drug-likeness (QED) is 0.208. The van der Waals surface area contributed by atoms with Crippen molar-refractivity contribution >= 4 is 103 Å². The zero-order valence-electron chi connectivity index (χ0n) is 23.5. The van der Waals surface area contributed by atoms with Crippen molar-refractivity contribution in [2.24, 2.45) is 0 Å². The normalized spacial score (nSPS) is 12.1. The third-order valence-electron chi connectivity index (χ3n) is 8.84. The Bertz CT molecular complexity index is 2750. The molecule has 0 aliphatic carbocycles. The molecule has 0 atom stereocenters. The Labute approximate surface area is 255 Å². The molecule has 10 rings (SSSR count). The molecule has 0 spiro atoms. The van der Waals surface area contributed by atoms with Gasteiger partial charge in [-0.15, -0.1) is 11.3 Å². The van der Waals surface area contributed by atoms with Crippen LogP contribution in [0.15, 0.2) is 148 Å². The topological polar surface area (TPSA) is 29.5 Å². The smallest absolute Gasteiger partial charge is 0.137 e. The number of rotatable bonds is 3. The number of furan rings is 2. The summed E-state index contributed by atoms with van der Waals surface area (Å²) in [6.45, 7) is 0. The van der Waals surface area contributed by atoms with Crippen molar-refractivity contribution in [3.8, 4) is 0 Å². The Morgan fingerprint density at radius 2 is 0.977 bits per heavy atom. The minimum atomic E-state index is 0.875. The number of thiophene rings is 1. The molecule has 0 aliphatic rings. The van der Waals surface area contributed by atoms with Crippen molar-refractivity contribution in [1.29, 1.82) is 0 Å². The van der Waals surface area contributed by atoms with Gasteiger partial charge in [0.15, 0.2) is 0 Å². The highest BCUT2D eigenvalue weighted by atomic mass is 32.1. The Balaban J connectivity index is 1.26. The minimum absolute atomic E-state index is 0.875. The lowest BCUT2D eigenvalue weighted by molar-refractivity contribution is 0.668. The maximum atomic E-state index is 6.36. The van der Waals surface area contributed by atoms with E-state index in [2.05, 4.69) is 120 Å². The first-order valence-corrected chi connectivity index (χ1v) is 15.6. The number of benzene rings is 7. The summed E-state index contributed by atoms with van der Waals surface area (Å²) in [5, 5.41) is 9.43. The van der Waals surface area contributed by atoms with Crippen LogP contribution < -0.4 is 4.90 Å². The van der Waals surface area contributed by atoms with E-state index in [0.717, 1.165) is 60.9 Å². The summed E-state index contributed by atoms with van der Waals surface area (Å²) in [6.07, 6.45) is 0. The largest absolute Gasteiger partial charge is 0.456 e. The van der Waals surface area contributed by atoms with Crippen LogP contribution in [0, 0.1) is 0 Å². The third kappa shape index (κ3) is 3.43. The van der Waals surface area contributed by atoms with Gasteiger partial charge in [0.1, 0.15) is 22.3 Å². The molecule has 0 amide bonds. The van der Waals surface area contributed by atoms with Crippen LogP contribution in [0.2, 0.25) is 0 Å². The van der Waals surface area contributed by atoms with Gasteiger partial charge >= 0.3 is 0 Å². The fourth-order valence-corrected chi connectivity index (χ4v) is 7.91. The van der Waals surface area contributed by atoms with Gasteiger partial charge in [0.05, 0.1) is 0 Å². The monoisotopic (exact) mass is 581 g/mol. The highest BCUT2D eigenvalue weighted by Crippen LogP contribution is 2.44. The molecule has 3 heterocycles. The van der Waals surface area contributed by atoms with Crippen molar-refractivity contribution in [3.63, 3.8) is 0 Å². The Kier molecular flexibility index (Phi) is 4.87. The minimum Gasteiger partial charge on any atom is -0.456 e. The molecule has 0 aliphatic heterocycles. The van der Waals surface area contributed by atoms with E-state index in [9.17, 15) is 0 Å². The second-order valence-electron chi connectivity index (χ2n) is 11.3. The van der Waals surface area contributed by atoms with E-state index < -0.39 is 0 Å². The van der Waals surface area contributed by atoms with Crippen LogP contribution in [0.1, 0.15) is 0 Å². The van der Waals surface area contributed by atoms with Gasteiger partial charge < -0.3 is 13.7 Å². The first kappa shape index (κ1) is 23.9. The maximum absolute atomic E-state index is 6.36. The molecule has 0 radical (unpaired) electrons. The second kappa shape index (κ2) is 8.96. The summed E-state index contributed by atoms with van der Waals surface area (Å²) < 4.78 is 15.2. The highest BCUT2D eigenvalue weighted by Gasteiger charge is 2.19. The van der Waals surface area contributed by atoms with E-state index in [4.69, 9.17) is 8.83 Å². The van der Waals surface area contributed by atoms with E-state index >= 15 is 0 Å². The van der Waals surface area contributed by atoms with Crippen LogP contribution in [0.4, 0.5) is 17.1 Å². The zero-order valence-corrected chi connectivity index (χ0v) is 24.3. The van der Waals surface area contributed by atoms with Crippen molar-refractivity contribution in [2.75, 3.05) is 4.90 Å². The number of para-hydroxylation sites is 2. The van der Waals surface area contributed by atoms with Crippen LogP contribution >= 0.6 is 11.3 Å². The fourth-order valence-electron chi connectivity index (χ4n) is 6.82. The maximum Gasteiger partial charge on any atom is 0.137 e. The molecule has 44 heavy (non-hydrogen) atoms. The molecule has 4 heteroatoms. The predicted molar refractivity (Wildman–Crippen MR) is 186 cm³/mol. The van der Waals surface area contributed by atoms with Gasteiger partial charge in [-0.3, -0.25) is 0 Å². The van der Waals surface area contributed by atoms with Gasteiger partial charge in [-0.2, -0.15) is 0 Å². The molecule has 0 fully saturated rings. The summed E-state index contributed by atoms with van der Waals surface area (Å²) in [7, 11) is 0. The Morgan fingerprint density at radius 1 is 0.386 bits per heavy atom. The Hall–Kier alpha value is -5.58. The summed E-state index contributed by atoms with van der Waals surface area (Å²) in [4.78, 5) is 2.35. The fraction of sp³-hybridized carbons (Fsp3) is 0. The molecule has 3 nitrogen and oxygen atoms in total. The number of hydrogen-bond donors (Lipinski definition) is 0. The zero-order chi connectivity index (χ0) is 28.8. The van der Waals surface area contributed by atoms with E-state index in [1.165, 1.54) is 30.9 Å². The molecular weight excluding hydrogens is 559 g/mol. The average Bonchev–Trinajstić information content (AvgIpc) is 3.75. The molecule has 0 saturated carbocycles. The predicted octanol–water partition coefficient (Wildman–Crippen LogP) is 12.5. The number of nitrogens with zero attached hydrogens (tertiary/aromatic N) is 1. The van der Waals surface area contributed by atoms with Gasteiger partial charge in [0.2, 0.25) is 0 Å². The molecule has 0 unspecified atom stereocenters. The first-order valence-electron chi connectivity index (χ1n) is 14.8. The lowest BCUT2D eigenvalue weighted by Crippen LogP contribution is -2.09. The Morgan fingerprint density at radius 3 is 1.86 bits per heavy atom. The van der Waals surface area contributed by atoms with Gasteiger partial charge in [-0.05, 0) is 77.5 Å². The molecule has 10 aromatic rings. The van der Waals surface area contributed by atoms with Gasteiger partial charge in [0, 0.05) is 64.8 Å². The van der Waals surface area contributed by atoms with Crippen LogP contribution in [0.5, 0.6) is 0 Å². The average molecular weight is 582 g/mol. The molecule has 0 saturated heterocycles. The summed E-state index contributed by atoms with van der Waals surface area (Å²) in [6, 6.07) is 49.6. The lowest BCUT2D eigenvalue weighted by Gasteiger charge is -2.26. The van der Waals surface area contributed by atoms with E-state index in [0.29, 0.717) is 0 Å². The summed E-state index contributed by atoms with van der Waals surface area (Å²) in [5.74, 6) is 0. The molecule has 206 valence electrons. The van der Waals surface area contributed by atoms with Crippen LogP contribution in [0.25, 0.3) is 74.8 Å². The van der Waals surface area contributed by atoms with Gasteiger partial charge in [-0.1, -0.05) is 66.7 Å². The van der Waals surface area contributed by atoms with Crippen LogP contribution in [0.3, 0.4) is 0 Å². The van der Waals surface area contributed by atoms with E-state index in [1.807, 2.05) is 35.6 Å². The van der Waals surface area contributed by atoms with Crippen molar-refractivity contribution in [3.05, 3.63) is 140 Å². The molecule has 7 aromatic carbocycles. The van der Waals surface area contributed by atoms with E-state index in [1.54, 1.807) is 0 Å². The molecule has 3 aromatic heterocycles. The highest BCUT2D eigenvalue weighted by molar-refractivity contribution is 7.25. The van der Waals surface area contributed by atoms with E-state index in [-0.39, 0.29) is 0 Å². The standard InChI is InChI=1S/C40H23NO2S/c1-4-10-34-28(7-1)29-18-16-27(23-37(29)43-34)41(26-17-20-39-33(22-26)30-8-3-6-12-38(30)44-39)25-15-13-24-14-19-36-40(32(24)21-25)31-9-2-5-11-35(31)42-36/h1-23H. The van der Waals surface area contributed by atoms with Gasteiger partial charge in [0.25, 0.3) is 0 Å². The second-order valence-corrected chi connectivity index (χ2v) is 12.4. The lowest BCUT2D eigenvalue weighted by atomic mass is 10.0. The SMILES string of the molecule is c1ccc2c(c1)oc1cc(N(c3ccc4sc5ccccc5c4c3)c3ccc4ccc5oc6ccccc6c5c4c3)ccc12. The first-order chi connectivity index (χ1) is 21.8. The van der Waals surface area contributed by atoms with Gasteiger partial charge in [-0.25, -0.2) is 0 Å². The number of anilines is 3. The summed E-state index contributed by atoms with van der Waals surface area (Å²) >= 11 is 1.84. The molecule has 0 bridgehead atoms. The number of fused-ring (bicyclic) bond motifs is 11. The summed E-state index contributed by atoms with van der Waals surface area (Å²) in [5.41, 5.74) is 6.79. The van der Waals surface area contributed by atoms with Crippen molar-refractivity contribution in [2.45, 2.75) is 0 Å². The third-order valence-corrected chi connectivity index (χ3v) is 9.99.